The summed E-state index contributed by atoms with van der Waals surface area (Å²) in [6.07, 6.45) is 2.23. The van der Waals surface area contributed by atoms with Crippen molar-refractivity contribution < 1.29 is 13.2 Å². The molecule has 7 nitrogen and oxygen atoms in total. The molecule has 0 radical (unpaired) electrons. The molecule has 0 aliphatic heterocycles. The van der Waals surface area contributed by atoms with E-state index >= 15 is 0 Å². The topological polar surface area (TPSA) is 81.4 Å². The lowest BCUT2D eigenvalue weighted by Crippen LogP contribution is -2.28. The summed E-state index contributed by atoms with van der Waals surface area (Å²) in [7, 11) is 0. The number of aromatic nitrogens is 6. The maximum atomic E-state index is 14.5. The fourth-order valence-electron chi connectivity index (χ4n) is 5.97. The van der Waals surface area contributed by atoms with Crippen LogP contribution in [-0.2, 0) is 25.7 Å². The number of tetrazole rings is 1. The zero-order valence-corrected chi connectivity index (χ0v) is 23.6. The summed E-state index contributed by atoms with van der Waals surface area (Å²) in [6.45, 7) is 4.16. The lowest BCUT2D eigenvalue weighted by atomic mass is 9.87. The van der Waals surface area contributed by atoms with Crippen molar-refractivity contribution in [2.75, 3.05) is 0 Å². The van der Waals surface area contributed by atoms with Crippen molar-refractivity contribution in [1.29, 1.82) is 0 Å². The minimum atomic E-state index is -4.61. The molecular weight excluding hydrogens is 529 g/mol. The first-order valence-corrected chi connectivity index (χ1v) is 14.5. The highest BCUT2D eigenvalue weighted by Gasteiger charge is 2.40. The lowest BCUT2D eigenvalue weighted by molar-refractivity contribution is -0.144. The van der Waals surface area contributed by atoms with E-state index in [1.807, 2.05) is 62.4 Å². The van der Waals surface area contributed by atoms with Crippen LogP contribution >= 0.6 is 0 Å². The Labute approximate surface area is 237 Å². The van der Waals surface area contributed by atoms with Crippen molar-refractivity contribution in [3.63, 3.8) is 0 Å². The van der Waals surface area contributed by atoms with Gasteiger partial charge in [-0.2, -0.15) is 18.4 Å². The first kappa shape index (κ1) is 28.8. The van der Waals surface area contributed by atoms with Gasteiger partial charge in [-0.15, -0.1) is 10.2 Å². The van der Waals surface area contributed by atoms with Gasteiger partial charge in [0.15, 0.2) is 0 Å². The maximum absolute atomic E-state index is 14.5. The van der Waals surface area contributed by atoms with E-state index < -0.39 is 17.6 Å². The molecular formula is C31H37F3N6O. The predicted molar refractivity (Wildman–Crippen MR) is 152 cm³/mol. The van der Waals surface area contributed by atoms with Gasteiger partial charge < -0.3 is 0 Å². The Bertz CT molecular complexity index is 1480. The molecule has 1 aliphatic carbocycles. The third-order valence-corrected chi connectivity index (χ3v) is 8.16. The molecule has 2 aromatic carbocycles. The maximum Gasteiger partial charge on any atom is 0.433 e. The van der Waals surface area contributed by atoms with E-state index in [2.05, 4.69) is 20.6 Å². The van der Waals surface area contributed by atoms with E-state index in [1.165, 1.54) is 11.0 Å². The molecule has 4 aromatic rings. The first-order chi connectivity index (χ1) is 19.7. The summed E-state index contributed by atoms with van der Waals surface area (Å²) in [6, 6.07) is 15.2. The number of benzene rings is 2. The molecule has 1 fully saturated rings. The molecule has 0 atom stereocenters. The number of alkyl halides is 3. The Morgan fingerprint density at radius 2 is 1.68 bits per heavy atom. The standard InChI is InChI=1S/C31H37F3N6O/c1-21(2)12-17-27-28(31(32,33)34)39(19-18-22-8-4-3-5-9-22)30(41)40(27)20-23-13-15-24(16-14-23)25-10-6-7-11-26(25)29-35-37-38-36-29/h6-7,10-11,13-16,21-22H,3-5,8-9,12,17-20H2,1-2H3,(H,35,36,37,38). The molecule has 2 heterocycles. The number of hydrogen-bond donors (Lipinski definition) is 1. The third kappa shape index (κ3) is 6.63. The number of nitrogens with zero attached hydrogens (tertiary/aromatic N) is 5. The van der Waals surface area contributed by atoms with Gasteiger partial charge in [-0.1, -0.05) is 94.5 Å². The van der Waals surface area contributed by atoms with Crippen LogP contribution in [0.5, 0.6) is 0 Å². The molecule has 0 amide bonds. The molecule has 218 valence electrons. The van der Waals surface area contributed by atoms with Crippen LogP contribution in [0.1, 0.15) is 75.7 Å². The molecule has 0 saturated heterocycles. The second kappa shape index (κ2) is 12.4. The predicted octanol–water partition coefficient (Wildman–Crippen LogP) is 7.12. The van der Waals surface area contributed by atoms with Crippen molar-refractivity contribution in [2.24, 2.45) is 11.8 Å². The van der Waals surface area contributed by atoms with Gasteiger partial charge in [0.1, 0.15) is 5.69 Å². The fraction of sp³-hybridized carbons (Fsp3) is 0.484. The van der Waals surface area contributed by atoms with E-state index in [0.717, 1.165) is 52.5 Å². The Kier molecular flexibility index (Phi) is 8.75. The number of hydrogen-bond acceptors (Lipinski definition) is 4. The highest BCUT2D eigenvalue weighted by atomic mass is 19.4. The molecule has 0 spiro atoms. The monoisotopic (exact) mass is 566 g/mol. The number of halogens is 3. The van der Waals surface area contributed by atoms with Gasteiger partial charge in [0.2, 0.25) is 5.82 Å². The van der Waals surface area contributed by atoms with Crippen molar-refractivity contribution in [2.45, 2.75) is 84.5 Å². The van der Waals surface area contributed by atoms with Gasteiger partial charge in [0.05, 0.1) is 12.2 Å². The zero-order valence-electron chi connectivity index (χ0n) is 23.6. The van der Waals surface area contributed by atoms with Crippen LogP contribution in [-0.4, -0.2) is 29.8 Å². The van der Waals surface area contributed by atoms with E-state index in [-0.39, 0.29) is 31.1 Å². The Morgan fingerprint density at radius 1 is 0.976 bits per heavy atom. The highest BCUT2D eigenvalue weighted by molar-refractivity contribution is 5.80. The summed E-state index contributed by atoms with van der Waals surface area (Å²) in [5.41, 5.74) is 2.13. The third-order valence-electron chi connectivity index (χ3n) is 8.16. The minimum Gasteiger partial charge on any atom is -0.291 e. The van der Waals surface area contributed by atoms with Crippen molar-refractivity contribution >= 4 is 0 Å². The van der Waals surface area contributed by atoms with Crippen LogP contribution in [0, 0.1) is 11.8 Å². The number of nitrogens with one attached hydrogen (secondary N) is 1. The molecule has 1 saturated carbocycles. The SMILES string of the molecule is CC(C)CCc1c(C(F)(F)F)n(CCC2CCCCC2)c(=O)n1Cc1ccc(-c2ccccc2-c2nn[nH]n2)cc1. The van der Waals surface area contributed by atoms with Gasteiger partial charge >= 0.3 is 11.9 Å². The van der Waals surface area contributed by atoms with E-state index in [0.29, 0.717) is 24.6 Å². The van der Waals surface area contributed by atoms with Crippen molar-refractivity contribution in [3.05, 3.63) is 76.0 Å². The normalized spacial score (nSPS) is 14.7. The largest absolute Gasteiger partial charge is 0.433 e. The van der Waals surface area contributed by atoms with Crippen LogP contribution in [0.15, 0.2) is 53.3 Å². The lowest BCUT2D eigenvalue weighted by Gasteiger charge is -2.22. The average Bonchev–Trinajstić information content (AvgIpc) is 3.59. The summed E-state index contributed by atoms with van der Waals surface area (Å²) < 4.78 is 46.0. The van der Waals surface area contributed by atoms with Gasteiger partial charge in [0.25, 0.3) is 0 Å². The van der Waals surface area contributed by atoms with Crippen LogP contribution < -0.4 is 5.69 Å². The van der Waals surface area contributed by atoms with Gasteiger partial charge in [-0.3, -0.25) is 9.13 Å². The smallest absolute Gasteiger partial charge is 0.291 e. The summed E-state index contributed by atoms with van der Waals surface area (Å²) in [5.74, 6) is 1.06. The van der Waals surface area contributed by atoms with Crippen LogP contribution in [0.25, 0.3) is 22.5 Å². The molecule has 5 rings (SSSR count). The summed E-state index contributed by atoms with van der Waals surface area (Å²) in [5, 5.41) is 14.3. The van der Waals surface area contributed by atoms with Gasteiger partial charge in [-0.05, 0) is 53.0 Å². The van der Waals surface area contributed by atoms with Crippen LogP contribution in [0.4, 0.5) is 13.2 Å². The second-order valence-electron chi connectivity index (χ2n) is 11.5. The molecule has 0 unspecified atom stereocenters. The van der Waals surface area contributed by atoms with Gasteiger partial charge in [0, 0.05) is 12.1 Å². The minimum absolute atomic E-state index is 0.0819. The van der Waals surface area contributed by atoms with E-state index in [1.54, 1.807) is 0 Å². The van der Waals surface area contributed by atoms with Gasteiger partial charge in [-0.25, -0.2) is 4.79 Å². The zero-order chi connectivity index (χ0) is 29.0. The molecule has 41 heavy (non-hydrogen) atoms. The molecule has 1 N–H and O–H groups in total. The van der Waals surface area contributed by atoms with Crippen molar-refractivity contribution in [1.82, 2.24) is 29.8 Å². The Balaban J connectivity index is 1.47. The summed E-state index contributed by atoms with van der Waals surface area (Å²) >= 11 is 0. The van der Waals surface area contributed by atoms with Crippen LogP contribution in [0.3, 0.4) is 0 Å². The number of H-pyrrole nitrogens is 1. The van der Waals surface area contributed by atoms with Crippen molar-refractivity contribution in [3.8, 4) is 22.5 Å². The number of rotatable bonds is 10. The Hall–Kier alpha value is -3.69. The molecule has 0 bridgehead atoms. The highest BCUT2D eigenvalue weighted by Crippen LogP contribution is 2.35. The first-order valence-electron chi connectivity index (χ1n) is 14.5. The number of aromatic amines is 1. The average molecular weight is 567 g/mol. The number of imidazole rings is 1. The van der Waals surface area contributed by atoms with E-state index in [9.17, 15) is 18.0 Å². The molecule has 10 heteroatoms. The van der Waals surface area contributed by atoms with E-state index in [4.69, 9.17) is 0 Å². The van der Waals surface area contributed by atoms with Crippen LogP contribution in [0.2, 0.25) is 0 Å². The Morgan fingerprint density at radius 3 is 2.32 bits per heavy atom. The second-order valence-corrected chi connectivity index (χ2v) is 11.5. The quantitative estimate of drug-likeness (QED) is 0.222. The molecule has 2 aromatic heterocycles. The molecule has 1 aliphatic rings. The fourth-order valence-corrected chi connectivity index (χ4v) is 5.97. The summed E-state index contributed by atoms with van der Waals surface area (Å²) in [4.78, 5) is 13.6.